The van der Waals surface area contributed by atoms with Crippen molar-refractivity contribution < 1.29 is 23.5 Å². The lowest BCUT2D eigenvalue weighted by Gasteiger charge is -2.29. The van der Waals surface area contributed by atoms with Gasteiger partial charge in [0.2, 0.25) is 0 Å². The summed E-state index contributed by atoms with van der Waals surface area (Å²) in [6, 6.07) is 3.30. The first kappa shape index (κ1) is 18.0. The highest BCUT2D eigenvalue weighted by Crippen LogP contribution is 2.23. The Labute approximate surface area is 141 Å². The fraction of sp³-hybridized carbons (Fsp3) is 0.588. The molecule has 1 heterocycles. The molecule has 2 rings (SSSR count). The molecule has 2 N–H and O–H groups in total. The minimum absolute atomic E-state index is 0.000437. The van der Waals surface area contributed by atoms with Crippen LogP contribution in [0.5, 0.6) is 0 Å². The van der Waals surface area contributed by atoms with Crippen molar-refractivity contribution >= 4 is 17.8 Å². The summed E-state index contributed by atoms with van der Waals surface area (Å²) in [7, 11) is 0. The van der Waals surface area contributed by atoms with Crippen LogP contribution >= 0.6 is 0 Å². The Morgan fingerprint density at radius 1 is 1.29 bits per heavy atom. The van der Waals surface area contributed by atoms with Gasteiger partial charge in [0.05, 0.1) is 12.7 Å². The number of amides is 2. The van der Waals surface area contributed by atoms with Crippen LogP contribution in [0, 0.1) is 5.92 Å². The molecular formula is C17H24N2O5. The fourth-order valence-electron chi connectivity index (χ4n) is 2.77. The molecule has 7 nitrogen and oxygen atoms in total. The van der Waals surface area contributed by atoms with Crippen molar-refractivity contribution in [1.82, 2.24) is 10.6 Å². The van der Waals surface area contributed by atoms with E-state index in [4.69, 9.17) is 9.15 Å². The second-order valence-electron chi connectivity index (χ2n) is 6.08. The summed E-state index contributed by atoms with van der Waals surface area (Å²) >= 11 is 0. The van der Waals surface area contributed by atoms with Crippen LogP contribution in [0.1, 0.15) is 49.6 Å². The zero-order chi connectivity index (χ0) is 17.4. The summed E-state index contributed by atoms with van der Waals surface area (Å²) in [6.07, 6.45) is 5.80. The summed E-state index contributed by atoms with van der Waals surface area (Å²) in [5, 5.41) is 5.46. The molecule has 132 valence electrons. The second-order valence-corrected chi connectivity index (χ2v) is 6.08. The first-order chi connectivity index (χ1) is 11.6. The zero-order valence-electron chi connectivity index (χ0n) is 13.9. The van der Waals surface area contributed by atoms with Crippen LogP contribution < -0.4 is 10.6 Å². The molecule has 0 saturated heterocycles. The Balaban J connectivity index is 1.58. The number of hydrogen-bond acceptors (Lipinski definition) is 5. The first-order valence-electron chi connectivity index (χ1n) is 8.33. The molecule has 7 heteroatoms. The molecule has 1 aromatic heterocycles. The monoisotopic (exact) mass is 336 g/mol. The van der Waals surface area contributed by atoms with E-state index in [2.05, 4.69) is 17.6 Å². The first-order valence-corrected chi connectivity index (χ1v) is 8.33. The molecule has 24 heavy (non-hydrogen) atoms. The normalized spacial score (nSPS) is 20.2. The lowest BCUT2D eigenvalue weighted by Crippen LogP contribution is -2.43. The van der Waals surface area contributed by atoms with E-state index in [0.717, 1.165) is 19.3 Å². The van der Waals surface area contributed by atoms with Gasteiger partial charge in [-0.3, -0.25) is 14.4 Å². The van der Waals surface area contributed by atoms with Gasteiger partial charge in [-0.2, -0.15) is 0 Å². The van der Waals surface area contributed by atoms with Crippen molar-refractivity contribution in [2.24, 2.45) is 5.92 Å². The summed E-state index contributed by atoms with van der Waals surface area (Å²) in [6.45, 7) is 1.96. The van der Waals surface area contributed by atoms with Crippen LogP contribution in [-0.4, -0.2) is 37.0 Å². The lowest BCUT2D eigenvalue weighted by atomic mass is 9.86. The van der Waals surface area contributed by atoms with Gasteiger partial charge < -0.3 is 19.8 Å². The third-order valence-electron chi connectivity index (χ3n) is 4.18. The predicted octanol–water partition coefficient (Wildman–Crippen LogP) is 1.64. The number of carbonyl (C=O) groups excluding carboxylic acids is 3. The number of rotatable bonds is 7. The Kier molecular flexibility index (Phi) is 6.84. The third-order valence-corrected chi connectivity index (χ3v) is 4.18. The van der Waals surface area contributed by atoms with Gasteiger partial charge in [-0.05, 0) is 30.9 Å². The van der Waals surface area contributed by atoms with Gasteiger partial charge in [-0.15, -0.1) is 0 Å². The van der Waals surface area contributed by atoms with E-state index >= 15 is 0 Å². The second kappa shape index (κ2) is 9.10. The van der Waals surface area contributed by atoms with Crippen LogP contribution in [0.15, 0.2) is 22.8 Å². The highest BCUT2D eigenvalue weighted by Gasteiger charge is 2.23. The summed E-state index contributed by atoms with van der Waals surface area (Å²) in [5.41, 5.74) is 0. The highest BCUT2D eigenvalue weighted by atomic mass is 16.5. The van der Waals surface area contributed by atoms with Crippen LogP contribution in [0.25, 0.3) is 0 Å². The molecule has 0 aliphatic heterocycles. The molecule has 1 saturated carbocycles. The maximum atomic E-state index is 11.8. The summed E-state index contributed by atoms with van der Waals surface area (Å²) < 4.78 is 9.86. The smallest absolute Gasteiger partial charge is 0.308 e. The molecule has 0 spiro atoms. The van der Waals surface area contributed by atoms with Gasteiger partial charge in [0.15, 0.2) is 12.4 Å². The van der Waals surface area contributed by atoms with E-state index in [9.17, 15) is 14.4 Å². The predicted molar refractivity (Wildman–Crippen MR) is 86.2 cm³/mol. The van der Waals surface area contributed by atoms with E-state index in [1.165, 1.54) is 18.8 Å². The molecule has 1 aliphatic carbocycles. The molecule has 1 aliphatic rings. The maximum absolute atomic E-state index is 11.8. The molecule has 0 bridgehead atoms. The van der Waals surface area contributed by atoms with Crippen molar-refractivity contribution in [2.75, 3.05) is 13.2 Å². The van der Waals surface area contributed by atoms with Crippen molar-refractivity contribution in [3.63, 3.8) is 0 Å². The Hall–Kier alpha value is -2.31. The fourth-order valence-corrected chi connectivity index (χ4v) is 2.77. The quantitative estimate of drug-likeness (QED) is 0.738. The zero-order valence-corrected chi connectivity index (χ0v) is 13.9. The minimum Gasteiger partial charge on any atom is -0.459 e. The number of hydrogen-bond donors (Lipinski definition) is 2. The molecule has 1 fully saturated rings. The number of carbonyl (C=O) groups is 3. The van der Waals surface area contributed by atoms with Crippen molar-refractivity contribution in [1.29, 1.82) is 0 Å². The average Bonchev–Trinajstić information content (AvgIpc) is 3.09. The van der Waals surface area contributed by atoms with Crippen LogP contribution in [-0.2, 0) is 14.3 Å². The summed E-state index contributed by atoms with van der Waals surface area (Å²) in [4.78, 5) is 35.0. The SMILES string of the molecule is CC1CCCCC1NC(=O)COC(=O)CCNC(=O)c1ccco1. The van der Waals surface area contributed by atoms with Gasteiger partial charge in [0.25, 0.3) is 11.8 Å². The summed E-state index contributed by atoms with van der Waals surface area (Å²) in [5.74, 6) is -0.556. The van der Waals surface area contributed by atoms with Gasteiger partial charge in [-0.25, -0.2) is 0 Å². The van der Waals surface area contributed by atoms with Crippen molar-refractivity contribution in [3.05, 3.63) is 24.2 Å². The Morgan fingerprint density at radius 3 is 2.79 bits per heavy atom. The van der Waals surface area contributed by atoms with Crippen LogP contribution in [0.2, 0.25) is 0 Å². The number of esters is 1. The van der Waals surface area contributed by atoms with Gasteiger partial charge in [0.1, 0.15) is 0 Å². The van der Waals surface area contributed by atoms with Crippen molar-refractivity contribution in [2.45, 2.75) is 45.1 Å². The number of ether oxygens (including phenoxy) is 1. The van der Waals surface area contributed by atoms with E-state index in [-0.39, 0.29) is 37.3 Å². The van der Waals surface area contributed by atoms with E-state index in [1.54, 1.807) is 6.07 Å². The van der Waals surface area contributed by atoms with E-state index in [0.29, 0.717) is 5.92 Å². The van der Waals surface area contributed by atoms with Gasteiger partial charge >= 0.3 is 5.97 Å². The standard InChI is InChI=1S/C17H24N2O5/c1-12-5-2-3-6-13(12)19-15(20)11-24-16(21)8-9-18-17(22)14-7-4-10-23-14/h4,7,10,12-13H,2-3,5-6,8-9,11H2,1H3,(H,18,22)(H,19,20). The van der Waals surface area contributed by atoms with E-state index in [1.807, 2.05) is 0 Å². The molecule has 2 amide bonds. The third kappa shape index (κ3) is 5.72. The molecule has 0 aromatic carbocycles. The van der Waals surface area contributed by atoms with Crippen LogP contribution in [0.3, 0.4) is 0 Å². The topological polar surface area (TPSA) is 97.6 Å². The Bertz CT molecular complexity index is 555. The molecule has 2 atom stereocenters. The Morgan fingerprint density at radius 2 is 2.08 bits per heavy atom. The molecule has 1 aromatic rings. The minimum atomic E-state index is -0.526. The van der Waals surface area contributed by atoms with Gasteiger partial charge in [-0.1, -0.05) is 19.8 Å². The number of nitrogens with one attached hydrogen (secondary N) is 2. The van der Waals surface area contributed by atoms with Gasteiger partial charge in [0, 0.05) is 12.6 Å². The average molecular weight is 336 g/mol. The van der Waals surface area contributed by atoms with Crippen LogP contribution in [0.4, 0.5) is 0 Å². The largest absolute Gasteiger partial charge is 0.459 e. The molecular weight excluding hydrogens is 312 g/mol. The number of furan rings is 1. The maximum Gasteiger partial charge on any atom is 0.308 e. The van der Waals surface area contributed by atoms with Crippen molar-refractivity contribution in [3.8, 4) is 0 Å². The molecule has 2 unspecified atom stereocenters. The van der Waals surface area contributed by atoms with E-state index < -0.39 is 11.9 Å². The highest BCUT2D eigenvalue weighted by molar-refractivity contribution is 5.91. The lowest BCUT2D eigenvalue weighted by molar-refractivity contribution is -0.148. The molecule has 0 radical (unpaired) electrons.